The number of aliphatic hydroxyl groups excluding tert-OH is 1. The highest BCUT2D eigenvalue weighted by Gasteiger charge is 2.23. The van der Waals surface area contributed by atoms with E-state index in [1.54, 1.807) is 0 Å². The zero-order valence-corrected chi connectivity index (χ0v) is 11.3. The number of aromatic amines is 1. The number of aromatic nitrogens is 2. The molecule has 9 heteroatoms. The molecule has 1 aromatic rings. The van der Waals surface area contributed by atoms with Crippen molar-refractivity contribution in [3.8, 4) is 0 Å². The number of nitrogens with one attached hydrogen (secondary N) is 1. The fourth-order valence-electron chi connectivity index (χ4n) is 1.38. The Morgan fingerprint density at radius 3 is 2.50 bits per heavy atom. The Morgan fingerprint density at radius 2 is 2.05 bits per heavy atom. The molecule has 0 amide bonds. The largest absolute Gasteiger partial charge is 0.479 e. The van der Waals surface area contributed by atoms with Gasteiger partial charge in [0.05, 0.1) is 0 Å². The van der Waals surface area contributed by atoms with Crippen LogP contribution in [0.1, 0.15) is 18.3 Å². The summed E-state index contributed by atoms with van der Waals surface area (Å²) in [6, 6.07) is 0. The highest BCUT2D eigenvalue weighted by Crippen LogP contribution is 2.15. The lowest BCUT2D eigenvalue weighted by Crippen LogP contribution is -2.34. The number of aliphatic hydroxyl groups is 1. The van der Waals surface area contributed by atoms with Gasteiger partial charge in [0.25, 0.3) is 5.56 Å². The van der Waals surface area contributed by atoms with Gasteiger partial charge in [0.2, 0.25) is 0 Å². The summed E-state index contributed by atoms with van der Waals surface area (Å²) in [5.74, 6) is -1.32. The SMILES string of the molecule is CO.COC(CC(F)n1cc(C)c(=O)[nH]c1=O)C(=O)O. The molecule has 0 saturated carbocycles. The van der Waals surface area contributed by atoms with E-state index in [1.165, 1.54) is 6.92 Å². The minimum absolute atomic E-state index is 0.154. The first kappa shape index (κ1) is 18.0. The number of aryl methyl sites for hydroxylation is 1. The summed E-state index contributed by atoms with van der Waals surface area (Å²) in [6.07, 6.45) is -2.74. The van der Waals surface area contributed by atoms with Gasteiger partial charge in [0, 0.05) is 32.4 Å². The third-order valence-corrected chi connectivity index (χ3v) is 2.42. The van der Waals surface area contributed by atoms with Gasteiger partial charge < -0.3 is 14.9 Å². The molecule has 0 spiro atoms. The lowest BCUT2D eigenvalue weighted by molar-refractivity contribution is -0.150. The van der Waals surface area contributed by atoms with Crippen molar-refractivity contribution in [2.45, 2.75) is 25.7 Å². The van der Waals surface area contributed by atoms with E-state index in [-0.39, 0.29) is 5.56 Å². The maximum Gasteiger partial charge on any atom is 0.332 e. The number of aliphatic carboxylic acids is 1. The zero-order chi connectivity index (χ0) is 15.9. The molecule has 0 saturated heterocycles. The number of carboxylic acid groups (broad SMARTS) is 1. The van der Waals surface area contributed by atoms with Crippen molar-refractivity contribution in [1.29, 1.82) is 0 Å². The van der Waals surface area contributed by atoms with Crippen molar-refractivity contribution in [1.82, 2.24) is 9.55 Å². The van der Waals surface area contributed by atoms with Gasteiger partial charge in [-0.05, 0) is 6.92 Å². The van der Waals surface area contributed by atoms with Crippen LogP contribution in [0.2, 0.25) is 0 Å². The number of carbonyl (C=O) groups is 1. The van der Waals surface area contributed by atoms with Crippen LogP contribution in [0, 0.1) is 6.92 Å². The van der Waals surface area contributed by atoms with Crippen molar-refractivity contribution >= 4 is 5.97 Å². The third-order valence-electron chi connectivity index (χ3n) is 2.42. The number of hydrogen-bond donors (Lipinski definition) is 3. The molecule has 0 radical (unpaired) electrons. The zero-order valence-electron chi connectivity index (χ0n) is 11.3. The first-order valence-electron chi connectivity index (χ1n) is 5.53. The second kappa shape index (κ2) is 8.23. The Balaban J connectivity index is 0.00000172. The van der Waals surface area contributed by atoms with Gasteiger partial charge in [-0.15, -0.1) is 0 Å². The second-order valence-electron chi connectivity index (χ2n) is 3.71. The summed E-state index contributed by atoms with van der Waals surface area (Å²) < 4.78 is 19.0. The van der Waals surface area contributed by atoms with E-state index in [2.05, 4.69) is 4.74 Å². The van der Waals surface area contributed by atoms with Crippen LogP contribution in [-0.2, 0) is 9.53 Å². The van der Waals surface area contributed by atoms with Crippen LogP contribution in [0.3, 0.4) is 0 Å². The van der Waals surface area contributed by atoms with Gasteiger partial charge in [0.1, 0.15) is 0 Å². The maximum absolute atomic E-state index is 13.8. The number of H-pyrrole nitrogens is 1. The molecule has 0 aromatic carbocycles. The summed E-state index contributed by atoms with van der Waals surface area (Å²) in [5.41, 5.74) is -1.38. The molecule has 0 aliphatic heterocycles. The number of rotatable bonds is 5. The molecule has 0 bridgehead atoms. The predicted octanol–water partition coefficient (Wildman–Crippen LogP) is -0.589. The molecule has 0 aliphatic carbocycles. The second-order valence-corrected chi connectivity index (χ2v) is 3.71. The van der Waals surface area contributed by atoms with Crippen molar-refractivity contribution in [2.24, 2.45) is 0 Å². The first-order chi connectivity index (χ1) is 9.36. The van der Waals surface area contributed by atoms with Crippen molar-refractivity contribution in [3.63, 3.8) is 0 Å². The van der Waals surface area contributed by atoms with Crippen LogP contribution in [0.4, 0.5) is 4.39 Å². The average Bonchev–Trinajstić information content (AvgIpc) is 2.41. The molecule has 3 N–H and O–H groups in total. The standard InChI is InChI=1S/C10H13FN2O5.CH4O/c1-5-4-13(10(17)12-8(5)14)7(11)3-6(18-2)9(15)16;1-2/h4,6-7H,3H2,1-2H3,(H,15,16)(H,12,14,17);2H,1H3. The van der Waals surface area contributed by atoms with Crippen molar-refractivity contribution < 1.29 is 24.1 Å². The minimum Gasteiger partial charge on any atom is -0.479 e. The molecule has 114 valence electrons. The number of hydrogen-bond acceptors (Lipinski definition) is 5. The fourth-order valence-corrected chi connectivity index (χ4v) is 1.38. The first-order valence-corrected chi connectivity index (χ1v) is 5.53. The molecular weight excluding hydrogens is 275 g/mol. The number of alkyl halides is 1. The van der Waals surface area contributed by atoms with Gasteiger partial charge >= 0.3 is 11.7 Å². The smallest absolute Gasteiger partial charge is 0.332 e. The van der Waals surface area contributed by atoms with Crippen molar-refractivity contribution in [3.05, 3.63) is 32.6 Å². The summed E-state index contributed by atoms with van der Waals surface area (Å²) in [7, 11) is 2.13. The van der Waals surface area contributed by atoms with E-state index in [0.717, 1.165) is 20.4 Å². The Bertz CT molecular complexity index is 553. The van der Waals surface area contributed by atoms with E-state index in [0.29, 0.717) is 4.57 Å². The lowest BCUT2D eigenvalue weighted by atomic mass is 10.2. The van der Waals surface area contributed by atoms with Gasteiger partial charge in [0.15, 0.2) is 12.4 Å². The molecule has 0 fully saturated rings. The maximum atomic E-state index is 13.8. The van der Waals surface area contributed by atoms with Gasteiger partial charge in [-0.25, -0.2) is 14.0 Å². The number of carboxylic acids is 1. The van der Waals surface area contributed by atoms with E-state index in [1.807, 2.05) is 4.98 Å². The molecule has 1 aromatic heterocycles. The summed E-state index contributed by atoms with van der Waals surface area (Å²) in [5, 5.41) is 15.7. The number of nitrogens with zero attached hydrogens (tertiary/aromatic N) is 1. The minimum atomic E-state index is -1.89. The topological polar surface area (TPSA) is 122 Å². The molecule has 20 heavy (non-hydrogen) atoms. The van der Waals surface area contributed by atoms with E-state index >= 15 is 0 Å². The van der Waals surface area contributed by atoms with E-state index in [9.17, 15) is 18.8 Å². The Hall–Kier alpha value is -2.00. The molecule has 2 unspecified atom stereocenters. The number of halogens is 1. The van der Waals surface area contributed by atoms with Gasteiger partial charge in [-0.2, -0.15) is 0 Å². The fraction of sp³-hybridized carbons (Fsp3) is 0.545. The van der Waals surface area contributed by atoms with Gasteiger partial charge in [-0.3, -0.25) is 14.3 Å². The molecule has 8 nitrogen and oxygen atoms in total. The normalized spacial score (nSPS) is 13.1. The van der Waals surface area contributed by atoms with Crippen LogP contribution in [0.15, 0.2) is 15.8 Å². The Labute approximate surface area is 113 Å². The van der Waals surface area contributed by atoms with Crippen LogP contribution in [0.25, 0.3) is 0 Å². The quantitative estimate of drug-likeness (QED) is 0.667. The number of ether oxygens (including phenoxy) is 1. The van der Waals surface area contributed by atoms with Crippen LogP contribution in [0.5, 0.6) is 0 Å². The Morgan fingerprint density at radius 1 is 1.50 bits per heavy atom. The van der Waals surface area contributed by atoms with Crippen molar-refractivity contribution in [2.75, 3.05) is 14.2 Å². The highest BCUT2D eigenvalue weighted by molar-refractivity contribution is 5.72. The number of methoxy groups -OCH3 is 1. The Kier molecular flexibility index (Phi) is 7.40. The third kappa shape index (κ3) is 4.59. The molecule has 1 heterocycles. The molecule has 2 atom stereocenters. The monoisotopic (exact) mass is 292 g/mol. The molecule has 1 rings (SSSR count). The summed E-state index contributed by atoms with van der Waals surface area (Å²) >= 11 is 0. The highest BCUT2D eigenvalue weighted by atomic mass is 19.1. The summed E-state index contributed by atoms with van der Waals surface area (Å²) in [6.45, 7) is 1.41. The van der Waals surface area contributed by atoms with Crippen LogP contribution >= 0.6 is 0 Å². The predicted molar refractivity (Wildman–Crippen MR) is 67.4 cm³/mol. The molecular formula is C11H17FN2O6. The molecule has 0 aliphatic rings. The van der Waals surface area contributed by atoms with Crippen LogP contribution in [-0.4, -0.2) is 46.1 Å². The van der Waals surface area contributed by atoms with Crippen LogP contribution < -0.4 is 11.2 Å². The van der Waals surface area contributed by atoms with E-state index < -0.39 is 36.0 Å². The van der Waals surface area contributed by atoms with E-state index in [4.69, 9.17) is 10.2 Å². The van der Waals surface area contributed by atoms with Gasteiger partial charge in [-0.1, -0.05) is 0 Å². The summed E-state index contributed by atoms with van der Waals surface area (Å²) in [4.78, 5) is 35.0. The lowest BCUT2D eigenvalue weighted by Gasteiger charge is -2.15. The average molecular weight is 292 g/mol.